The molecule has 0 saturated heterocycles. The van der Waals surface area contributed by atoms with Gasteiger partial charge in [-0.15, -0.1) is 0 Å². The van der Waals surface area contributed by atoms with E-state index in [1.165, 1.54) is 0 Å². The minimum absolute atomic E-state index is 0.101. The van der Waals surface area contributed by atoms with E-state index in [4.69, 9.17) is 4.74 Å². The van der Waals surface area contributed by atoms with Crippen molar-refractivity contribution < 1.29 is 4.74 Å². The van der Waals surface area contributed by atoms with E-state index >= 15 is 0 Å². The molecule has 24 heavy (non-hydrogen) atoms. The van der Waals surface area contributed by atoms with Crippen molar-refractivity contribution in [1.82, 2.24) is 14.9 Å². The molecule has 0 aliphatic heterocycles. The molecule has 0 aliphatic carbocycles. The number of benzene rings is 2. The van der Waals surface area contributed by atoms with Crippen molar-refractivity contribution in [2.45, 2.75) is 13.1 Å². The topological polar surface area (TPSA) is 58.2 Å². The largest absolute Gasteiger partial charge is 0.496 e. The molecule has 1 heterocycles. The van der Waals surface area contributed by atoms with Gasteiger partial charge in [0.1, 0.15) is 11.6 Å². The smallest absolute Gasteiger partial charge is 0.258 e. The molecule has 0 unspecified atom stereocenters. The highest BCUT2D eigenvalue weighted by Crippen LogP contribution is 2.26. The number of nitrogens with one attached hydrogen (secondary N) is 1. The fourth-order valence-electron chi connectivity index (χ4n) is 2.64. The van der Waals surface area contributed by atoms with Crippen molar-refractivity contribution in [3.8, 4) is 5.75 Å². The molecule has 1 N–H and O–H groups in total. The zero-order valence-electron chi connectivity index (χ0n) is 13.5. The summed E-state index contributed by atoms with van der Waals surface area (Å²) in [5.74, 6) is 1.47. The summed E-state index contributed by atoms with van der Waals surface area (Å²) in [6, 6.07) is 13.4. The lowest BCUT2D eigenvalue weighted by Gasteiger charge is -2.17. The Morgan fingerprint density at radius 3 is 2.75 bits per heavy atom. The molecule has 3 aromatic rings. The first-order valence-electron chi connectivity index (χ1n) is 7.55. The van der Waals surface area contributed by atoms with Gasteiger partial charge in [0.05, 0.1) is 29.0 Å². The number of methoxy groups -OCH3 is 1. The number of hydrogen-bond acceptors (Lipinski definition) is 4. The van der Waals surface area contributed by atoms with Crippen LogP contribution in [0.25, 0.3) is 10.9 Å². The predicted molar refractivity (Wildman–Crippen MR) is 98.2 cm³/mol. The first-order chi connectivity index (χ1) is 11.6. The van der Waals surface area contributed by atoms with Crippen LogP contribution in [0.3, 0.4) is 0 Å². The minimum Gasteiger partial charge on any atom is -0.496 e. The number of para-hydroxylation sites is 1. The summed E-state index contributed by atoms with van der Waals surface area (Å²) in [4.78, 5) is 21.6. The molecule has 5 nitrogen and oxygen atoms in total. The van der Waals surface area contributed by atoms with Crippen LogP contribution in [0.5, 0.6) is 5.75 Å². The molecule has 6 heteroatoms. The summed E-state index contributed by atoms with van der Waals surface area (Å²) in [6.07, 6.45) is 0. The average Bonchev–Trinajstić information content (AvgIpc) is 2.55. The van der Waals surface area contributed by atoms with E-state index < -0.39 is 0 Å². The Bertz CT molecular complexity index is 924. The highest BCUT2D eigenvalue weighted by atomic mass is 79.9. The summed E-state index contributed by atoms with van der Waals surface area (Å²) >= 11 is 3.50. The molecule has 0 saturated carbocycles. The highest BCUT2D eigenvalue weighted by Gasteiger charge is 2.08. The quantitative estimate of drug-likeness (QED) is 0.729. The maximum atomic E-state index is 12.1. The van der Waals surface area contributed by atoms with Gasteiger partial charge in [-0.3, -0.25) is 9.69 Å². The van der Waals surface area contributed by atoms with E-state index in [2.05, 4.69) is 30.8 Å². The molecule has 0 spiro atoms. The number of nitrogens with zero attached hydrogens (tertiary/aromatic N) is 2. The number of aromatic amines is 1. The molecule has 0 aliphatic rings. The van der Waals surface area contributed by atoms with Crippen LogP contribution >= 0.6 is 15.9 Å². The van der Waals surface area contributed by atoms with Crippen LogP contribution < -0.4 is 10.3 Å². The number of halogens is 1. The van der Waals surface area contributed by atoms with Crippen molar-refractivity contribution in [3.05, 3.63) is 68.7 Å². The van der Waals surface area contributed by atoms with E-state index in [0.717, 1.165) is 27.8 Å². The van der Waals surface area contributed by atoms with Crippen molar-refractivity contribution in [2.75, 3.05) is 14.2 Å². The van der Waals surface area contributed by atoms with Crippen LogP contribution in [0, 0.1) is 0 Å². The van der Waals surface area contributed by atoms with Crippen LogP contribution in [-0.2, 0) is 13.1 Å². The second kappa shape index (κ2) is 7.15. The third-order valence-corrected chi connectivity index (χ3v) is 4.37. The first-order valence-corrected chi connectivity index (χ1v) is 8.35. The van der Waals surface area contributed by atoms with Crippen LogP contribution in [0.2, 0.25) is 0 Å². The van der Waals surface area contributed by atoms with Crippen LogP contribution in [0.15, 0.2) is 51.7 Å². The van der Waals surface area contributed by atoms with Crippen molar-refractivity contribution >= 4 is 26.8 Å². The van der Waals surface area contributed by atoms with E-state index in [-0.39, 0.29) is 5.56 Å². The van der Waals surface area contributed by atoms with Gasteiger partial charge in [0.2, 0.25) is 0 Å². The standard InChI is InChI=1S/C18H18BrN3O2/c1-22(10-12-7-8-16(24-2)14(19)9-12)11-17-20-15-6-4-3-5-13(15)18(23)21-17/h3-9H,10-11H2,1-2H3,(H,20,21,23). The minimum atomic E-state index is -0.101. The second-order valence-electron chi connectivity index (χ2n) is 5.67. The molecule has 0 radical (unpaired) electrons. The Labute approximate surface area is 148 Å². The SMILES string of the molecule is COc1ccc(CN(C)Cc2nc3ccccc3c(=O)[nH]2)cc1Br. The molecule has 0 amide bonds. The molecule has 0 atom stereocenters. The summed E-state index contributed by atoms with van der Waals surface area (Å²) in [5.41, 5.74) is 1.77. The zero-order valence-corrected chi connectivity index (χ0v) is 15.1. The Kier molecular flexibility index (Phi) is 4.97. The van der Waals surface area contributed by atoms with Crippen molar-refractivity contribution in [3.63, 3.8) is 0 Å². The van der Waals surface area contributed by atoms with Crippen LogP contribution in [-0.4, -0.2) is 29.0 Å². The van der Waals surface area contributed by atoms with Gasteiger partial charge >= 0.3 is 0 Å². The van der Waals surface area contributed by atoms with Gasteiger partial charge in [-0.1, -0.05) is 18.2 Å². The lowest BCUT2D eigenvalue weighted by Crippen LogP contribution is -2.21. The van der Waals surface area contributed by atoms with Crippen LogP contribution in [0.4, 0.5) is 0 Å². The lowest BCUT2D eigenvalue weighted by molar-refractivity contribution is 0.310. The van der Waals surface area contributed by atoms with E-state index in [0.29, 0.717) is 17.8 Å². The van der Waals surface area contributed by atoms with Crippen molar-refractivity contribution in [1.29, 1.82) is 0 Å². The third-order valence-electron chi connectivity index (χ3n) is 3.75. The van der Waals surface area contributed by atoms with Gasteiger partial charge in [0.15, 0.2) is 0 Å². The van der Waals surface area contributed by atoms with Gasteiger partial charge in [-0.2, -0.15) is 0 Å². The molecular weight excluding hydrogens is 370 g/mol. The Balaban J connectivity index is 1.76. The predicted octanol–water partition coefficient (Wildman–Crippen LogP) is 3.33. The maximum absolute atomic E-state index is 12.1. The van der Waals surface area contributed by atoms with Gasteiger partial charge in [-0.25, -0.2) is 4.98 Å². The number of ether oxygens (including phenoxy) is 1. The van der Waals surface area contributed by atoms with Gasteiger partial charge in [0, 0.05) is 6.54 Å². The van der Waals surface area contributed by atoms with E-state index in [9.17, 15) is 4.79 Å². The summed E-state index contributed by atoms with van der Waals surface area (Å²) in [7, 11) is 3.64. The third kappa shape index (κ3) is 3.66. The van der Waals surface area contributed by atoms with Crippen LogP contribution in [0.1, 0.15) is 11.4 Å². The van der Waals surface area contributed by atoms with E-state index in [1.54, 1.807) is 13.2 Å². The molecular formula is C18H18BrN3O2. The first kappa shape index (κ1) is 16.7. The zero-order chi connectivity index (χ0) is 17.1. The fraction of sp³-hybridized carbons (Fsp3) is 0.222. The summed E-state index contributed by atoms with van der Waals surface area (Å²) < 4.78 is 6.17. The molecule has 2 aromatic carbocycles. The number of aromatic nitrogens is 2. The normalized spacial score (nSPS) is 11.2. The fourth-order valence-corrected chi connectivity index (χ4v) is 3.23. The number of hydrogen-bond donors (Lipinski definition) is 1. The molecule has 0 bridgehead atoms. The highest BCUT2D eigenvalue weighted by molar-refractivity contribution is 9.10. The molecule has 1 aromatic heterocycles. The molecule has 124 valence electrons. The van der Waals surface area contributed by atoms with Gasteiger partial charge < -0.3 is 9.72 Å². The number of H-pyrrole nitrogens is 1. The average molecular weight is 388 g/mol. The summed E-state index contributed by atoms with van der Waals surface area (Å²) in [6.45, 7) is 1.29. The van der Waals surface area contributed by atoms with Gasteiger partial charge in [-0.05, 0) is 52.8 Å². The number of fused-ring (bicyclic) bond motifs is 1. The maximum Gasteiger partial charge on any atom is 0.258 e. The monoisotopic (exact) mass is 387 g/mol. The number of rotatable bonds is 5. The second-order valence-corrected chi connectivity index (χ2v) is 6.53. The summed E-state index contributed by atoms with van der Waals surface area (Å²) in [5, 5.41) is 0.614. The Morgan fingerprint density at radius 1 is 1.21 bits per heavy atom. The molecule has 3 rings (SSSR count). The Morgan fingerprint density at radius 2 is 2.00 bits per heavy atom. The Hall–Kier alpha value is -2.18. The molecule has 0 fully saturated rings. The van der Waals surface area contributed by atoms with Gasteiger partial charge in [0.25, 0.3) is 5.56 Å². The van der Waals surface area contributed by atoms with Crippen molar-refractivity contribution in [2.24, 2.45) is 0 Å². The van der Waals surface area contributed by atoms with E-state index in [1.807, 2.05) is 43.4 Å². The lowest BCUT2D eigenvalue weighted by atomic mass is 10.2.